The van der Waals surface area contributed by atoms with Gasteiger partial charge in [-0.2, -0.15) is 13.2 Å². The molecule has 49 heavy (non-hydrogen) atoms. The van der Waals surface area contributed by atoms with Crippen molar-refractivity contribution < 1.29 is 50.9 Å². The lowest BCUT2D eigenvalue weighted by atomic mass is 9.88. The normalized spacial score (nSPS) is 17.1. The van der Waals surface area contributed by atoms with Crippen LogP contribution in [0.25, 0.3) is 0 Å². The van der Waals surface area contributed by atoms with Crippen molar-refractivity contribution in [1.82, 2.24) is 10.2 Å². The Hall–Kier alpha value is -4.69. The Kier molecular flexibility index (Phi) is 13.4. The second-order valence-electron chi connectivity index (χ2n) is 11.5. The molecule has 0 aliphatic carbocycles. The van der Waals surface area contributed by atoms with Crippen LogP contribution in [-0.4, -0.2) is 81.3 Å². The van der Waals surface area contributed by atoms with E-state index < -0.39 is 42.7 Å². The third-order valence-corrected chi connectivity index (χ3v) is 7.95. The minimum atomic E-state index is -4.59. The maximum atomic E-state index is 15.2. The van der Waals surface area contributed by atoms with Crippen LogP contribution in [-0.2, 0) is 30.2 Å². The van der Waals surface area contributed by atoms with E-state index in [2.05, 4.69) is 5.32 Å². The van der Waals surface area contributed by atoms with Crippen molar-refractivity contribution in [1.29, 1.82) is 0 Å². The van der Waals surface area contributed by atoms with Gasteiger partial charge in [0.2, 0.25) is 5.91 Å². The Labute approximate surface area is 281 Å². The molecule has 264 valence electrons. The number of halogens is 4. The molecule has 1 saturated heterocycles. The number of alkyl carbamates (subject to hydrolysis) is 1. The lowest BCUT2D eigenvalue weighted by Gasteiger charge is -2.38. The van der Waals surface area contributed by atoms with Gasteiger partial charge in [-0.15, -0.1) is 0 Å². The van der Waals surface area contributed by atoms with Crippen LogP contribution in [0.1, 0.15) is 42.4 Å². The highest BCUT2D eigenvalue weighted by molar-refractivity contribution is 5.92. The quantitative estimate of drug-likeness (QED) is 0.161. The van der Waals surface area contributed by atoms with Gasteiger partial charge in [-0.3, -0.25) is 14.5 Å². The Bertz CT molecular complexity index is 1560. The Morgan fingerprint density at radius 1 is 1.00 bits per heavy atom. The first-order chi connectivity index (χ1) is 23.4. The molecule has 2 amide bonds. The second-order valence-corrected chi connectivity index (χ2v) is 11.5. The minimum Gasteiger partial charge on any atom is -0.497 e. The van der Waals surface area contributed by atoms with Crippen LogP contribution in [0.2, 0.25) is 0 Å². The van der Waals surface area contributed by atoms with Crippen molar-refractivity contribution in [2.24, 2.45) is 0 Å². The highest BCUT2D eigenvalue weighted by atomic mass is 19.4. The average molecular weight is 690 g/mol. The van der Waals surface area contributed by atoms with E-state index in [1.165, 1.54) is 19.1 Å². The number of ether oxygens (including phenoxy) is 4. The molecule has 14 heteroatoms. The van der Waals surface area contributed by atoms with Crippen molar-refractivity contribution in [3.8, 4) is 5.75 Å². The van der Waals surface area contributed by atoms with E-state index in [9.17, 15) is 27.6 Å². The van der Waals surface area contributed by atoms with E-state index in [1.54, 1.807) is 23.4 Å². The predicted molar refractivity (Wildman–Crippen MR) is 172 cm³/mol. The van der Waals surface area contributed by atoms with Crippen molar-refractivity contribution in [2.45, 2.75) is 50.4 Å². The van der Waals surface area contributed by atoms with Crippen LogP contribution in [0, 0.1) is 5.82 Å². The molecule has 0 spiro atoms. The highest BCUT2D eigenvalue weighted by Crippen LogP contribution is 2.31. The topological polar surface area (TPSA) is 115 Å². The number of rotatable bonds is 14. The first-order valence-electron chi connectivity index (χ1n) is 15.6. The van der Waals surface area contributed by atoms with Gasteiger partial charge < -0.3 is 29.6 Å². The number of morpholine rings is 1. The third-order valence-electron chi connectivity index (χ3n) is 7.95. The Balaban J connectivity index is 1.40. The number of methoxy groups -OCH3 is 1. The Morgan fingerprint density at radius 2 is 1.73 bits per heavy atom. The number of nitrogens with zero attached hydrogens (tertiary/aromatic N) is 1. The van der Waals surface area contributed by atoms with Crippen molar-refractivity contribution in [2.75, 3.05) is 45.5 Å². The zero-order chi connectivity index (χ0) is 35.4. The van der Waals surface area contributed by atoms with E-state index in [4.69, 9.17) is 18.9 Å². The van der Waals surface area contributed by atoms with Gasteiger partial charge in [0, 0.05) is 37.1 Å². The minimum absolute atomic E-state index is 0.00446. The fraction of sp³-hybridized carbons (Fsp3) is 0.400. The fourth-order valence-corrected chi connectivity index (χ4v) is 5.46. The zero-order valence-electron chi connectivity index (χ0n) is 27.1. The van der Waals surface area contributed by atoms with Gasteiger partial charge >= 0.3 is 18.2 Å². The van der Waals surface area contributed by atoms with Crippen LogP contribution in [0.5, 0.6) is 5.75 Å². The molecule has 1 fully saturated rings. The lowest BCUT2D eigenvalue weighted by Crippen LogP contribution is -2.53. The molecular formula is C35H39F4N3O7. The molecule has 2 N–H and O–H groups in total. The molecule has 1 aliphatic rings. The summed E-state index contributed by atoms with van der Waals surface area (Å²) in [5.74, 6) is -1.01. The van der Waals surface area contributed by atoms with Gasteiger partial charge in [0.1, 0.15) is 31.4 Å². The highest BCUT2D eigenvalue weighted by Gasteiger charge is 2.32. The van der Waals surface area contributed by atoms with Crippen LogP contribution in [0.15, 0.2) is 72.8 Å². The monoisotopic (exact) mass is 689 g/mol. The number of anilines is 1. The molecule has 1 heterocycles. The number of alkyl halides is 3. The van der Waals surface area contributed by atoms with Crippen LogP contribution in [0.4, 0.5) is 28.0 Å². The molecule has 0 unspecified atom stereocenters. The molecule has 3 atom stereocenters. The smallest absolute Gasteiger partial charge is 0.407 e. The summed E-state index contributed by atoms with van der Waals surface area (Å²) in [4.78, 5) is 38.4. The van der Waals surface area contributed by atoms with Gasteiger partial charge in [0.25, 0.3) is 0 Å². The number of hydrogen-bond donors (Lipinski definition) is 2. The first-order valence-corrected chi connectivity index (χ1v) is 15.6. The maximum Gasteiger partial charge on any atom is 0.407 e. The largest absolute Gasteiger partial charge is 0.497 e. The number of carbonyl (C=O) groups excluding carboxylic acids is 3. The van der Waals surface area contributed by atoms with Gasteiger partial charge in [-0.25, -0.2) is 9.18 Å². The zero-order valence-corrected chi connectivity index (χ0v) is 27.1. The van der Waals surface area contributed by atoms with Gasteiger partial charge in [-0.1, -0.05) is 48.5 Å². The summed E-state index contributed by atoms with van der Waals surface area (Å²) >= 11 is 0. The number of hydrogen-bond acceptors (Lipinski definition) is 8. The van der Waals surface area contributed by atoms with Crippen molar-refractivity contribution in [3.63, 3.8) is 0 Å². The van der Waals surface area contributed by atoms with Crippen LogP contribution >= 0.6 is 0 Å². The van der Waals surface area contributed by atoms with E-state index in [1.807, 2.05) is 54.6 Å². The number of nitrogens with one attached hydrogen (secondary N) is 2. The summed E-state index contributed by atoms with van der Waals surface area (Å²) in [6.07, 6.45) is -5.72. The maximum absolute atomic E-state index is 15.2. The molecule has 0 aromatic heterocycles. The van der Waals surface area contributed by atoms with Crippen molar-refractivity contribution in [3.05, 3.63) is 95.3 Å². The molecule has 0 bridgehead atoms. The van der Waals surface area contributed by atoms with Gasteiger partial charge in [0.15, 0.2) is 0 Å². The number of carbonyl (C=O) groups is 3. The second kappa shape index (κ2) is 17.6. The number of esters is 1. The summed E-state index contributed by atoms with van der Waals surface area (Å²) in [5, 5.41) is 4.52. The SMILES string of the molecule is COc1cccc([C@H](CC(=O)Nc2cccc(F)c2CC[C@@H]2CN(COC(C)=O)[C@H](COC(=O)NCC(F)(F)F)CO2)c2ccccc2)c1. The van der Waals surface area contributed by atoms with Crippen molar-refractivity contribution >= 4 is 23.7 Å². The van der Waals surface area contributed by atoms with E-state index in [-0.39, 0.29) is 56.7 Å². The van der Waals surface area contributed by atoms with Gasteiger partial charge in [0.05, 0.1) is 25.9 Å². The average Bonchev–Trinajstić information content (AvgIpc) is 3.08. The number of benzene rings is 3. The molecule has 3 aromatic carbocycles. The van der Waals surface area contributed by atoms with Crippen LogP contribution in [0.3, 0.4) is 0 Å². The molecule has 0 saturated carbocycles. The Morgan fingerprint density at radius 3 is 2.45 bits per heavy atom. The third kappa shape index (κ3) is 11.8. The summed E-state index contributed by atoms with van der Waals surface area (Å²) in [6, 6.07) is 20.9. The fourth-order valence-electron chi connectivity index (χ4n) is 5.46. The summed E-state index contributed by atoms with van der Waals surface area (Å²) in [6.45, 7) is -0.613. The summed E-state index contributed by atoms with van der Waals surface area (Å²) in [7, 11) is 1.57. The molecule has 1 aliphatic heterocycles. The first kappa shape index (κ1) is 37.1. The van der Waals surface area contributed by atoms with E-state index in [0.717, 1.165) is 11.1 Å². The van der Waals surface area contributed by atoms with Gasteiger partial charge in [-0.05, 0) is 48.2 Å². The molecule has 3 aromatic rings. The molecule has 0 radical (unpaired) electrons. The van der Waals surface area contributed by atoms with E-state index >= 15 is 4.39 Å². The summed E-state index contributed by atoms with van der Waals surface area (Å²) in [5.41, 5.74) is 2.43. The van der Waals surface area contributed by atoms with Crippen LogP contribution < -0.4 is 15.4 Å². The predicted octanol–water partition coefficient (Wildman–Crippen LogP) is 5.81. The molecule has 4 rings (SSSR count). The molecular weight excluding hydrogens is 650 g/mol. The van der Waals surface area contributed by atoms with E-state index in [0.29, 0.717) is 17.9 Å². The number of amides is 2. The summed E-state index contributed by atoms with van der Waals surface area (Å²) < 4.78 is 73.8. The standard InChI is InChI=1S/C35H39F4N3O7/c1-23(43)49-22-42-18-28(47-19-26(42)20-48-34(45)40-21-35(37,38)39)14-15-29-31(36)12-7-13-32(29)41-33(44)17-30(24-8-4-3-5-9-24)25-10-6-11-27(16-25)46-2/h3-13,16,26,28,30H,14-15,17-22H2,1-2H3,(H,40,45)(H,41,44)/t26-,28+,30+/m0/s1. The lowest BCUT2D eigenvalue weighted by molar-refractivity contribution is -0.156. The molecule has 10 nitrogen and oxygen atoms in total.